The summed E-state index contributed by atoms with van der Waals surface area (Å²) in [7, 11) is 0. The number of halogens is 4. The van der Waals surface area contributed by atoms with E-state index in [9.17, 15) is 10.1 Å². The highest BCUT2D eigenvalue weighted by Crippen LogP contribution is 2.36. The highest BCUT2D eigenvalue weighted by molar-refractivity contribution is 6.37. The standard InChI is InChI=1S/C25H18Cl4N2O2/c1-14-3-6-23(15(2)7-14)31-25(32)18(12-30)8-16-9-21(28)24(22(29)10-16)33-13-17-4-5-19(26)11-20(17)27/h3-11H,13H2,1-2H3,(H,31,32)/b18-8+. The molecule has 0 saturated heterocycles. The lowest BCUT2D eigenvalue weighted by Crippen LogP contribution is -2.14. The van der Waals surface area contributed by atoms with Gasteiger partial charge in [-0.2, -0.15) is 5.26 Å². The second-order valence-electron chi connectivity index (χ2n) is 7.28. The molecule has 168 valence electrons. The Balaban J connectivity index is 1.79. The summed E-state index contributed by atoms with van der Waals surface area (Å²) in [5.41, 5.74) is 3.71. The molecule has 8 heteroatoms. The SMILES string of the molecule is Cc1ccc(NC(=O)/C(C#N)=C/c2cc(Cl)c(OCc3ccc(Cl)cc3Cl)c(Cl)c2)c(C)c1. The molecular formula is C25H18Cl4N2O2. The first-order chi connectivity index (χ1) is 15.7. The van der Waals surface area contributed by atoms with Gasteiger partial charge in [0.05, 0.1) is 10.0 Å². The number of carbonyl (C=O) groups excluding carboxylic acids is 1. The second kappa shape index (κ2) is 11.0. The van der Waals surface area contributed by atoms with E-state index in [1.54, 1.807) is 36.4 Å². The Kier molecular flexibility index (Phi) is 8.29. The second-order valence-corrected chi connectivity index (χ2v) is 8.94. The zero-order chi connectivity index (χ0) is 24.1. The van der Waals surface area contributed by atoms with Gasteiger partial charge in [-0.15, -0.1) is 0 Å². The quantitative estimate of drug-likeness (QED) is 0.264. The molecule has 0 heterocycles. The van der Waals surface area contributed by atoms with Gasteiger partial charge in [-0.1, -0.05) is 70.2 Å². The van der Waals surface area contributed by atoms with E-state index in [0.717, 1.165) is 11.1 Å². The molecule has 0 aromatic heterocycles. The number of hydrogen-bond donors (Lipinski definition) is 1. The number of hydrogen-bond acceptors (Lipinski definition) is 3. The lowest BCUT2D eigenvalue weighted by molar-refractivity contribution is -0.112. The molecule has 33 heavy (non-hydrogen) atoms. The Morgan fingerprint density at radius 2 is 1.70 bits per heavy atom. The van der Waals surface area contributed by atoms with Gasteiger partial charge >= 0.3 is 0 Å². The molecule has 0 radical (unpaired) electrons. The van der Waals surface area contributed by atoms with Crippen LogP contribution in [0, 0.1) is 25.2 Å². The van der Waals surface area contributed by atoms with Crippen LogP contribution in [0.25, 0.3) is 6.08 Å². The van der Waals surface area contributed by atoms with Gasteiger partial charge in [-0.25, -0.2) is 0 Å². The Hall–Kier alpha value is -2.68. The number of nitriles is 1. The highest BCUT2D eigenvalue weighted by atomic mass is 35.5. The predicted molar refractivity (Wildman–Crippen MR) is 135 cm³/mol. The van der Waals surface area contributed by atoms with Gasteiger partial charge in [0.2, 0.25) is 0 Å². The number of benzene rings is 3. The van der Waals surface area contributed by atoms with Crippen molar-refractivity contribution in [2.24, 2.45) is 0 Å². The van der Waals surface area contributed by atoms with Crippen LogP contribution in [0.1, 0.15) is 22.3 Å². The van der Waals surface area contributed by atoms with Crippen molar-refractivity contribution in [3.63, 3.8) is 0 Å². The molecule has 0 aliphatic heterocycles. The highest BCUT2D eigenvalue weighted by Gasteiger charge is 2.14. The van der Waals surface area contributed by atoms with Crippen molar-refractivity contribution in [2.45, 2.75) is 20.5 Å². The predicted octanol–water partition coefficient (Wildman–Crippen LogP) is 8.04. The van der Waals surface area contributed by atoms with Gasteiger partial charge in [0.15, 0.2) is 5.75 Å². The molecule has 0 bridgehead atoms. The van der Waals surface area contributed by atoms with Gasteiger partial charge in [0, 0.05) is 21.3 Å². The summed E-state index contributed by atoms with van der Waals surface area (Å²) in [6, 6.07) is 15.7. The van der Waals surface area contributed by atoms with E-state index >= 15 is 0 Å². The van der Waals surface area contributed by atoms with Crippen LogP contribution < -0.4 is 10.1 Å². The number of ether oxygens (including phenoxy) is 1. The van der Waals surface area contributed by atoms with Crippen molar-refractivity contribution in [1.29, 1.82) is 5.26 Å². The van der Waals surface area contributed by atoms with Gasteiger partial charge < -0.3 is 10.1 Å². The van der Waals surface area contributed by atoms with Crippen molar-refractivity contribution >= 4 is 64.1 Å². The van der Waals surface area contributed by atoms with Crippen LogP contribution in [0.15, 0.2) is 54.1 Å². The zero-order valence-corrected chi connectivity index (χ0v) is 20.7. The normalized spacial score (nSPS) is 11.1. The average molecular weight is 520 g/mol. The summed E-state index contributed by atoms with van der Waals surface area (Å²) in [5.74, 6) is -0.269. The minimum atomic E-state index is -0.533. The van der Waals surface area contributed by atoms with Crippen LogP contribution >= 0.6 is 46.4 Å². The third-order valence-electron chi connectivity index (χ3n) is 4.71. The maximum absolute atomic E-state index is 12.6. The van der Waals surface area contributed by atoms with E-state index in [2.05, 4.69) is 5.32 Å². The monoisotopic (exact) mass is 518 g/mol. The van der Waals surface area contributed by atoms with E-state index in [1.165, 1.54) is 6.08 Å². The van der Waals surface area contributed by atoms with Crippen molar-refractivity contribution in [1.82, 2.24) is 0 Å². The minimum absolute atomic E-state index is 0.0938. The maximum atomic E-state index is 12.6. The molecule has 3 rings (SSSR count). The van der Waals surface area contributed by atoms with Crippen molar-refractivity contribution in [2.75, 3.05) is 5.32 Å². The minimum Gasteiger partial charge on any atom is -0.486 e. The lowest BCUT2D eigenvalue weighted by Gasteiger charge is -2.12. The molecule has 0 unspecified atom stereocenters. The average Bonchev–Trinajstić information content (AvgIpc) is 2.74. The van der Waals surface area contributed by atoms with E-state index in [4.69, 9.17) is 51.1 Å². The molecule has 0 fully saturated rings. The fourth-order valence-electron chi connectivity index (χ4n) is 3.05. The lowest BCUT2D eigenvalue weighted by atomic mass is 10.1. The van der Waals surface area contributed by atoms with E-state index < -0.39 is 5.91 Å². The number of rotatable bonds is 6. The van der Waals surface area contributed by atoms with Crippen molar-refractivity contribution in [3.05, 3.63) is 96.4 Å². The van der Waals surface area contributed by atoms with Crippen LogP contribution in [0.2, 0.25) is 20.1 Å². The molecule has 1 amide bonds. The number of anilines is 1. The van der Waals surface area contributed by atoms with E-state index in [1.807, 2.05) is 32.0 Å². The van der Waals surface area contributed by atoms with Crippen molar-refractivity contribution in [3.8, 4) is 11.8 Å². The Bertz CT molecular complexity index is 1270. The van der Waals surface area contributed by atoms with Gasteiger partial charge in [0.25, 0.3) is 5.91 Å². The smallest absolute Gasteiger partial charge is 0.266 e. The fraction of sp³-hybridized carbons (Fsp3) is 0.120. The van der Waals surface area contributed by atoms with Crippen molar-refractivity contribution < 1.29 is 9.53 Å². The summed E-state index contributed by atoms with van der Waals surface area (Å²) in [6.07, 6.45) is 1.41. The molecule has 0 aliphatic rings. The molecule has 3 aromatic rings. The van der Waals surface area contributed by atoms with E-state index in [0.29, 0.717) is 26.9 Å². The first-order valence-corrected chi connectivity index (χ1v) is 11.2. The summed E-state index contributed by atoms with van der Waals surface area (Å²) >= 11 is 24.8. The Labute approximate surface area is 212 Å². The largest absolute Gasteiger partial charge is 0.486 e. The summed E-state index contributed by atoms with van der Waals surface area (Å²) < 4.78 is 5.75. The Morgan fingerprint density at radius 3 is 2.30 bits per heavy atom. The van der Waals surface area contributed by atoms with Gasteiger partial charge in [-0.3, -0.25) is 4.79 Å². The van der Waals surface area contributed by atoms with Crippen LogP contribution in [0.4, 0.5) is 5.69 Å². The van der Waals surface area contributed by atoms with Crippen LogP contribution in [0.5, 0.6) is 5.75 Å². The molecule has 0 aliphatic carbocycles. The Morgan fingerprint density at radius 1 is 1.00 bits per heavy atom. The van der Waals surface area contributed by atoms with Gasteiger partial charge in [0.1, 0.15) is 18.2 Å². The molecule has 0 saturated carbocycles. The third-order valence-corrected chi connectivity index (χ3v) is 5.86. The van der Waals surface area contributed by atoms with Crippen LogP contribution in [-0.2, 0) is 11.4 Å². The van der Waals surface area contributed by atoms with Crippen LogP contribution in [-0.4, -0.2) is 5.91 Å². The maximum Gasteiger partial charge on any atom is 0.266 e. The first kappa shape index (κ1) is 25.0. The fourth-order valence-corrected chi connectivity index (χ4v) is 4.12. The first-order valence-electron chi connectivity index (χ1n) is 9.74. The molecular weight excluding hydrogens is 502 g/mol. The summed E-state index contributed by atoms with van der Waals surface area (Å²) in [4.78, 5) is 12.6. The van der Waals surface area contributed by atoms with E-state index in [-0.39, 0.29) is 28.0 Å². The number of aryl methyl sites for hydroxylation is 2. The third kappa shape index (κ3) is 6.43. The number of nitrogens with zero attached hydrogens (tertiary/aromatic N) is 1. The number of nitrogens with one attached hydrogen (secondary N) is 1. The number of amides is 1. The summed E-state index contributed by atoms with van der Waals surface area (Å²) in [6.45, 7) is 3.98. The molecule has 0 atom stereocenters. The molecule has 4 nitrogen and oxygen atoms in total. The molecule has 3 aromatic carbocycles. The molecule has 1 N–H and O–H groups in total. The van der Waals surface area contributed by atoms with Gasteiger partial charge in [-0.05, 0) is 61.4 Å². The van der Waals surface area contributed by atoms with Crippen LogP contribution in [0.3, 0.4) is 0 Å². The molecule has 0 spiro atoms. The topological polar surface area (TPSA) is 62.1 Å². The summed E-state index contributed by atoms with van der Waals surface area (Å²) in [5, 5.41) is 13.7. The zero-order valence-electron chi connectivity index (χ0n) is 17.7. The number of carbonyl (C=O) groups is 1.